The third kappa shape index (κ3) is 2.79. The number of ether oxygens (including phenoxy) is 2. The van der Waals surface area contributed by atoms with Crippen molar-refractivity contribution in [3.63, 3.8) is 0 Å². The van der Waals surface area contributed by atoms with Crippen LogP contribution in [-0.4, -0.2) is 25.4 Å². The molecule has 0 spiro atoms. The predicted molar refractivity (Wildman–Crippen MR) is 35.9 cm³/mol. The van der Waals surface area contributed by atoms with Crippen LogP contribution in [0.5, 0.6) is 0 Å². The average Bonchev–Trinajstić information content (AvgIpc) is 1.65. The Morgan fingerprint density at radius 3 is 2.11 bits per heavy atom. The summed E-state index contributed by atoms with van der Waals surface area (Å²) in [6.07, 6.45) is 0. The Bertz CT molecular complexity index is 75.1. The highest BCUT2D eigenvalue weighted by atomic mass is 16.6. The fourth-order valence-electron chi connectivity index (χ4n) is 0.737. The topological polar surface area (TPSA) is 53.5 Å². The van der Waals surface area contributed by atoms with Crippen LogP contribution in [0.1, 0.15) is 13.8 Å². The van der Waals surface area contributed by atoms with Crippen LogP contribution in [0.4, 0.5) is 0 Å². The smallest absolute Gasteiger partial charge is 0.0860 e. The normalized spacial score (nSPS) is 24.7. The minimum Gasteiger partial charge on any atom is -0.376 e. The molecule has 0 aliphatic carbocycles. The summed E-state index contributed by atoms with van der Waals surface area (Å²) in [6, 6.07) is 0. The van der Waals surface area contributed by atoms with Gasteiger partial charge in [0.15, 0.2) is 0 Å². The molecule has 0 amide bonds. The number of hydrogen-bond donors (Lipinski definition) is 1. The molecule has 9 heavy (non-hydrogen) atoms. The lowest BCUT2D eigenvalue weighted by molar-refractivity contribution is -0.137. The first kappa shape index (κ1) is 8.88. The molecule has 0 aromatic rings. The standard InChI is InChI=1S/C6H12O2.H3N/c1-6(2)5-7-3-4-8-6;/h3-5H2,1-2H3;1H3. The first-order valence-corrected chi connectivity index (χ1v) is 2.92. The fraction of sp³-hybridized carbons (Fsp3) is 1.00. The molecule has 0 aromatic heterocycles. The van der Waals surface area contributed by atoms with E-state index in [4.69, 9.17) is 9.47 Å². The van der Waals surface area contributed by atoms with E-state index in [0.717, 1.165) is 19.8 Å². The largest absolute Gasteiger partial charge is 0.376 e. The first-order chi connectivity index (χ1) is 3.71. The molecule has 0 atom stereocenters. The average molecular weight is 133 g/mol. The van der Waals surface area contributed by atoms with E-state index in [2.05, 4.69) is 0 Å². The molecule has 3 nitrogen and oxygen atoms in total. The summed E-state index contributed by atoms with van der Waals surface area (Å²) in [7, 11) is 0. The third-order valence-corrected chi connectivity index (χ3v) is 1.17. The number of rotatable bonds is 0. The fourth-order valence-corrected chi connectivity index (χ4v) is 0.737. The minimum atomic E-state index is -0.0434. The summed E-state index contributed by atoms with van der Waals surface area (Å²) in [4.78, 5) is 0. The van der Waals surface area contributed by atoms with Gasteiger partial charge in [0.05, 0.1) is 25.4 Å². The second kappa shape index (κ2) is 3.15. The predicted octanol–water partition coefficient (Wildman–Crippen LogP) is 0.974. The van der Waals surface area contributed by atoms with Crippen LogP contribution < -0.4 is 6.15 Å². The van der Waals surface area contributed by atoms with Crippen molar-refractivity contribution in [2.24, 2.45) is 0 Å². The van der Waals surface area contributed by atoms with E-state index in [1.54, 1.807) is 0 Å². The van der Waals surface area contributed by atoms with E-state index < -0.39 is 0 Å². The number of hydrogen-bond acceptors (Lipinski definition) is 3. The van der Waals surface area contributed by atoms with E-state index in [-0.39, 0.29) is 11.8 Å². The summed E-state index contributed by atoms with van der Waals surface area (Å²) in [5.41, 5.74) is -0.0434. The van der Waals surface area contributed by atoms with Crippen molar-refractivity contribution in [1.82, 2.24) is 6.15 Å². The molecule has 3 heteroatoms. The molecule has 1 aliphatic heterocycles. The van der Waals surface area contributed by atoms with Crippen LogP contribution in [0.25, 0.3) is 0 Å². The maximum absolute atomic E-state index is 5.34. The van der Waals surface area contributed by atoms with Gasteiger partial charge in [0.25, 0.3) is 0 Å². The van der Waals surface area contributed by atoms with Crippen LogP contribution in [0.2, 0.25) is 0 Å². The van der Waals surface area contributed by atoms with Gasteiger partial charge < -0.3 is 15.6 Å². The highest BCUT2D eigenvalue weighted by Gasteiger charge is 2.21. The van der Waals surface area contributed by atoms with Crippen LogP contribution in [0.3, 0.4) is 0 Å². The zero-order chi connectivity index (χ0) is 6.04. The van der Waals surface area contributed by atoms with Gasteiger partial charge in [0.2, 0.25) is 0 Å². The highest BCUT2D eigenvalue weighted by Crippen LogP contribution is 2.12. The monoisotopic (exact) mass is 133 g/mol. The Morgan fingerprint density at radius 2 is 1.89 bits per heavy atom. The zero-order valence-electron chi connectivity index (χ0n) is 6.14. The molecule has 0 saturated carbocycles. The van der Waals surface area contributed by atoms with Gasteiger partial charge in [-0.05, 0) is 13.8 Å². The van der Waals surface area contributed by atoms with Crippen molar-refractivity contribution < 1.29 is 9.47 Å². The van der Waals surface area contributed by atoms with Gasteiger partial charge >= 0.3 is 0 Å². The van der Waals surface area contributed by atoms with E-state index in [1.165, 1.54) is 0 Å². The molecule has 0 radical (unpaired) electrons. The minimum absolute atomic E-state index is 0. The SMILES string of the molecule is CC1(C)COCCO1.N. The van der Waals surface area contributed by atoms with Crippen LogP contribution in [-0.2, 0) is 9.47 Å². The zero-order valence-corrected chi connectivity index (χ0v) is 6.14. The molecule has 1 aliphatic rings. The molecule has 3 N–H and O–H groups in total. The maximum atomic E-state index is 5.34. The molecular formula is C6H15NO2. The van der Waals surface area contributed by atoms with Gasteiger partial charge in [0.1, 0.15) is 0 Å². The lowest BCUT2D eigenvalue weighted by atomic mass is 10.1. The lowest BCUT2D eigenvalue weighted by Crippen LogP contribution is -2.37. The van der Waals surface area contributed by atoms with Crippen molar-refractivity contribution >= 4 is 0 Å². The molecule has 1 heterocycles. The van der Waals surface area contributed by atoms with Crippen LogP contribution >= 0.6 is 0 Å². The summed E-state index contributed by atoms with van der Waals surface area (Å²) in [5.74, 6) is 0. The molecule has 0 bridgehead atoms. The van der Waals surface area contributed by atoms with E-state index in [0.29, 0.717) is 0 Å². The van der Waals surface area contributed by atoms with E-state index >= 15 is 0 Å². The summed E-state index contributed by atoms with van der Waals surface area (Å²) >= 11 is 0. The molecule has 56 valence electrons. The molecule has 0 unspecified atom stereocenters. The van der Waals surface area contributed by atoms with Gasteiger partial charge in [-0.15, -0.1) is 0 Å². The quantitative estimate of drug-likeness (QED) is 0.535. The van der Waals surface area contributed by atoms with Crippen molar-refractivity contribution in [2.45, 2.75) is 19.4 Å². The molecule has 1 fully saturated rings. The van der Waals surface area contributed by atoms with E-state index in [9.17, 15) is 0 Å². The van der Waals surface area contributed by atoms with Crippen molar-refractivity contribution in [2.75, 3.05) is 19.8 Å². The third-order valence-electron chi connectivity index (χ3n) is 1.17. The summed E-state index contributed by atoms with van der Waals surface area (Å²) in [6.45, 7) is 6.29. The van der Waals surface area contributed by atoms with Gasteiger partial charge in [0, 0.05) is 0 Å². The van der Waals surface area contributed by atoms with Crippen molar-refractivity contribution in [3.05, 3.63) is 0 Å². The Labute approximate surface area is 55.9 Å². The Kier molecular flexibility index (Phi) is 3.11. The van der Waals surface area contributed by atoms with Crippen molar-refractivity contribution in [1.29, 1.82) is 0 Å². The highest BCUT2D eigenvalue weighted by molar-refractivity contribution is 4.69. The summed E-state index contributed by atoms with van der Waals surface area (Å²) in [5, 5.41) is 0. The van der Waals surface area contributed by atoms with E-state index in [1.807, 2.05) is 13.8 Å². The van der Waals surface area contributed by atoms with Gasteiger partial charge in [-0.3, -0.25) is 0 Å². The molecule has 1 saturated heterocycles. The van der Waals surface area contributed by atoms with Gasteiger partial charge in [-0.1, -0.05) is 0 Å². The maximum Gasteiger partial charge on any atom is 0.0860 e. The second-order valence-electron chi connectivity index (χ2n) is 2.66. The second-order valence-corrected chi connectivity index (χ2v) is 2.66. The Morgan fingerprint density at radius 1 is 1.22 bits per heavy atom. The summed E-state index contributed by atoms with van der Waals surface area (Å²) < 4.78 is 10.5. The first-order valence-electron chi connectivity index (χ1n) is 2.92. The molecular weight excluding hydrogens is 118 g/mol. The van der Waals surface area contributed by atoms with Gasteiger partial charge in [-0.2, -0.15) is 0 Å². The van der Waals surface area contributed by atoms with Crippen molar-refractivity contribution in [3.8, 4) is 0 Å². The molecule has 1 rings (SSSR count). The van der Waals surface area contributed by atoms with Gasteiger partial charge in [-0.25, -0.2) is 0 Å². The van der Waals surface area contributed by atoms with Crippen LogP contribution in [0.15, 0.2) is 0 Å². The molecule has 0 aromatic carbocycles. The lowest BCUT2D eigenvalue weighted by Gasteiger charge is -2.29. The van der Waals surface area contributed by atoms with Crippen LogP contribution in [0, 0.1) is 0 Å². The Balaban J connectivity index is 0.000000640. The Hall–Kier alpha value is -0.120.